The lowest BCUT2D eigenvalue weighted by atomic mass is 10.00. The van der Waals surface area contributed by atoms with Gasteiger partial charge in [0.25, 0.3) is 0 Å². The molecule has 5 rings (SSSR count). The largest absolute Gasteiger partial charge is 0.478 e. The summed E-state index contributed by atoms with van der Waals surface area (Å²) in [4.78, 5) is 11.2. The molecule has 1 N–H and O–H groups in total. The van der Waals surface area contributed by atoms with Gasteiger partial charge in [-0.3, -0.25) is 0 Å². The highest BCUT2D eigenvalue weighted by molar-refractivity contribution is 5.90. The Bertz CT molecular complexity index is 1480. The van der Waals surface area contributed by atoms with Gasteiger partial charge in [-0.25, -0.2) is 13.9 Å². The van der Waals surface area contributed by atoms with Crippen molar-refractivity contribution in [2.45, 2.75) is 20.3 Å². The summed E-state index contributed by atoms with van der Waals surface area (Å²) in [6.45, 7) is 3.76. The van der Waals surface area contributed by atoms with E-state index in [-0.39, 0.29) is 11.3 Å². The van der Waals surface area contributed by atoms with Gasteiger partial charge in [-0.05, 0) is 55.3 Å². The first-order valence-electron chi connectivity index (χ1n) is 10.4. The molecule has 0 amide bonds. The molecule has 0 saturated heterocycles. The maximum absolute atomic E-state index is 14.9. The zero-order valence-corrected chi connectivity index (χ0v) is 18.0. The van der Waals surface area contributed by atoms with E-state index in [0.717, 1.165) is 50.8 Å². The zero-order chi connectivity index (χ0) is 23.1. The minimum atomic E-state index is -1.18. The van der Waals surface area contributed by atoms with Gasteiger partial charge in [0.05, 0.1) is 22.5 Å². The number of aromatic nitrogens is 3. The average molecular weight is 441 g/mol. The third-order valence-corrected chi connectivity index (χ3v) is 5.72. The Balaban J connectivity index is 1.71. The van der Waals surface area contributed by atoms with Gasteiger partial charge in [-0.1, -0.05) is 41.6 Å². The summed E-state index contributed by atoms with van der Waals surface area (Å²) < 4.78 is 21.8. The van der Waals surface area contributed by atoms with Crippen molar-refractivity contribution in [1.82, 2.24) is 14.9 Å². The summed E-state index contributed by atoms with van der Waals surface area (Å²) >= 11 is 0. The van der Waals surface area contributed by atoms with Crippen molar-refractivity contribution in [3.63, 3.8) is 0 Å². The summed E-state index contributed by atoms with van der Waals surface area (Å²) in [5.41, 5.74) is 5.31. The maximum atomic E-state index is 14.9. The molecule has 0 radical (unpaired) electrons. The third kappa shape index (κ3) is 3.67. The molecule has 0 spiro atoms. The van der Waals surface area contributed by atoms with Crippen LogP contribution in [0.1, 0.15) is 33.1 Å². The Morgan fingerprint density at radius 2 is 1.85 bits per heavy atom. The summed E-state index contributed by atoms with van der Waals surface area (Å²) in [7, 11) is 0. The standard InChI is InChI=1S/C26H20FN3O3/c1-15-25(16(2)33-29-15)18-8-10-23-20(13-18)22(12-17-6-4-3-5-7-17)28-30(23)24-11-9-19(26(31)32)14-21(24)27/h3-11,13-14H,12H2,1-2H3,(H,31,32). The molecule has 5 aromatic rings. The summed E-state index contributed by atoms with van der Waals surface area (Å²) in [6.07, 6.45) is 0.560. The summed E-state index contributed by atoms with van der Waals surface area (Å²) in [5.74, 6) is -1.11. The Kier molecular flexibility index (Phi) is 5.01. The number of fused-ring (bicyclic) bond motifs is 1. The Morgan fingerprint density at radius 1 is 1.06 bits per heavy atom. The minimum Gasteiger partial charge on any atom is -0.478 e. The van der Waals surface area contributed by atoms with E-state index in [1.54, 1.807) is 0 Å². The van der Waals surface area contributed by atoms with Crippen LogP contribution in [-0.4, -0.2) is 26.0 Å². The first kappa shape index (κ1) is 20.6. The smallest absolute Gasteiger partial charge is 0.335 e. The quantitative estimate of drug-likeness (QED) is 0.377. The number of aryl methyl sites for hydroxylation is 2. The molecule has 2 aromatic heterocycles. The highest BCUT2D eigenvalue weighted by Gasteiger charge is 2.19. The van der Waals surface area contributed by atoms with Gasteiger partial charge >= 0.3 is 5.97 Å². The molecule has 0 aliphatic heterocycles. The fourth-order valence-electron chi connectivity index (χ4n) is 4.15. The van der Waals surface area contributed by atoms with E-state index in [4.69, 9.17) is 9.62 Å². The summed E-state index contributed by atoms with van der Waals surface area (Å²) in [6, 6.07) is 19.6. The van der Waals surface area contributed by atoms with Crippen molar-refractivity contribution in [3.05, 3.63) is 101 Å². The number of hydrogen-bond acceptors (Lipinski definition) is 4. The number of hydrogen-bond donors (Lipinski definition) is 1. The molecular formula is C26H20FN3O3. The SMILES string of the molecule is Cc1noc(C)c1-c1ccc2c(c1)c(Cc1ccccc1)nn2-c1ccc(C(=O)O)cc1F. The fourth-order valence-corrected chi connectivity index (χ4v) is 4.15. The second-order valence-corrected chi connectivity index (χ2v) is 7.92. The number of benzene rings is 3. The van der Waals surface area contributed by atoms with Crippen molar-refractivity contribution in [1.29, 1.82) is 0 Å². The first-order chi connectivity index (χ1) is 15.9. The Morgan fingerprint density at radius 3 is 2.52 bits per heavy atom. The van der Waals surface area contributed by atoms with Crippen LogP contribution >= 0.6 is 0 Å². The van der Waals surface area contributed by atoms with Gasteiger partial charge in [0.1, 0.15) is 17.3 Å². The Labute approximate surface area is 188 Å². The van der Waals surface area contributed by atoms with Crippen LogP contribution in [0.5, 0.6) is 0 Å². The molecule has 0 bridgehead atoms. The predicted molar refractivity (Wildman–Crippen MR) is 122 cm³/mol. The van der Waals surface area contributed by atoms with Crippen molar-refractivity contribution in [3.8, 4) is 16.8 Å². The van der Waals surface area contributed by atoms with E-state index in [0.29, 0.717) is 6.42 Å². The number of halogens is 1. The van der Waals surface area contributed by atoms with E-state index >= 15 is 0 Å². The van der Waals surface area contributed by atoms with Gasteiger partial charge in [-0.15, -0.1) is 0 Å². The van der Waals surface area contributed by atoms with E-state index < -0.39 is 11.8 Å². The van der Waals surface area contributed by atoms with Crippen LogP contribution in [0.4, 0.5) is 4.39 Å². The van der Waals surface area contributed by atoms with E-state index in [9.17, 15) is 14.3 Å². The lowest BCUT2D eigenvalue weighted by Crippen LogP contribution is -2.04. The van der Waals surface area contributed by atoms with Gasteiger partial charge in [-0.2, -0.15) is 5.10 Å². The predicted octanol–water partition coefficient (Wildman–Crippen LogP) is 5.73. The number of nitrogens with zero attached hydrogens (tertiary/aromatic N) is 3. The van der Waals surface area contributed by atoms with E-state index in [1.807, 2.05) is 62.4 Å². The molecule has 0 aliphatic carbocycles. The van der Waals surface area contributed by atoms with Crippen LogP contribution < -0.4 is 0 Å². The van der Waals surface area contributed by atoms with Crippen molar-refractivity contribution >= 4 is 16.9 Å². The van der Waals surface area contributed by atoms with E-state index in [1.165, 1.54) is 16.8 Å². The van der Waals surface area contributed by atoms with Crippen molar-refractivity contribution in [2.24, 2.45) is 0 Å². The maximum Gasteiger partial charge on any atom is 0.335 e. The van der Waals surface area contributed by atoms with Crippen LogP contribution in [-0.2, 0) is 6.42 Å². The molecule has 0 aliphatic rings. The molecular weight excluding hydrogens is 421 g/mol. The highest BCUT2D eigenvalue weighted by atomic mass is 19.1. The van der Waals surface area contributed by atoms with Crippen LogP contribution in [0.2, 0.25) is 0 Å². The van der Waals surface area contributed by atoms with Crippen LogP contribution in [0.3, 0.4) is 0 Å². The first-order valence-corrected chi connectivity index (χ1v) is 10.4. The van der Waals surface area contributed by atoms with Gasteiger partial charge in [0.15, 0.2) is 0 Å². The van der Waals surface area contributed by atoms with Gasteiger partial charge in [0.2, 0.25) is 0 Å². The normalized spacial score (nSPS) is 11.2. The lowest BCUT2D eigenvalue weighted by molar-refractivity contribution is 0.0696. The zero-order valence-electron chi connectivity index (χ0n) is 18.0. The van der Waals surface area contributed by atoms with Gasteiger partial charge < -0.3 is 9.63 Å². The molecule has 6 nitrogen and oxygen atoms in total. The van der Waals surface area contributed by atoms with Gasteiger partial charge in [0, 0.05) is 17.4 Å². The highest BCUT2D eigenvalue weighted by Crippen LogP contribution is 2.33. The second-order valence-electron chi connectivity index (χ2n) is 7.92. The Hall–Kier alpha value is -4.26. The molecule has 0 fully saturated rings. The molecule has 0 saturated carbocycles. The second kappa shape index (κ2) is 8.02. The summed E-state index contributed by atoms with van der Waals surface area (Å²) in [5, 5.41) is 18.9. The molecule has 0 unspecified atom stereocenters. The number of rotatable bonds is 5. The van der Waals surface area contributed by atoms with Crippen LogP contribution in [0.15, 0.2) is 71.3 Å². The van der Waals surface area contributed by atoms with E-state index in [2.05, 4.69) is 5.16 Å². The molecule has 3 aromatic carbocycles. The van der Waals surface area contributed by atoms with Crippen molar-refractivity contribution in [2.75, 3.05) is 0 Å². The van der Waals surface area contributed by atoms with Crippen LogP contribution in [0, 0.1) is 19.7 Å². The minimum absolute atomic E-state index is 0.113. The topological polar surface area (TPSA) is 81.2 Å². The van der Waals surface area contributed by atoms with Crippen LogP contribution in [0.25, 0.3) is 27.7 Å². The molecule has 7 heteroatoms. The average Bonchev–Trinajstić information content (AvgIpc) is 3.33. The molecule has 0 atom stereocenters. The monoisotopic (exact) mass is 441 g/mol. The molecule has 2 heterocycles. The lowest BCUT2D eigenvalue weighted by Gasteiger charge is -2.07. The fraction of sp³-hybridized carbons (Fsp3) is 0.115. The third-order valence-electron chi connectivity index (χ3n) is 5.72. The molecule has 33 heavy (non-hydrogen) atoms. The number of aromatic carboxylic acids is 1. The number of carboxylic acids is 1. The van der Waals surface area contributed by atoms with Crippen molar-refractivity contribution < 1.29 is 18.8 Å². The number of carbonyl (C=O) groups is 1. The molecule has 164 valence electrons. The number of carboxylic acid groups (broad SMARTS) is 1.